The monoisotopic (exact) mass is 431 g/mol. The van der Waals surface area contributed by atoms with Crippen LogP contribution >= 0.6 is 23.7 Å². The normalized spacial score (nSPS) is 21.7. The van der Waals surface area contributed by atoms with Gasteiger partial charge < -0.3 is 15.5 Å². The zero-order chi connectivity index (χ0) is 19.0. The molecule has 4 heterocycles. The van der Waals surface area contributed by atoms with Gasteiger partial charge in [-0.15, -0.1) is 23.7 Å². The molecule has 0 saturated carbocycles. The second-order valence-corrected chi connectivity index (χ2v) is 8.58. The van der Waals surface area contributed by atoms with E-state index >= 15 is 0 Å². The highest BCUT2D eigenvalue weighted by Crippen LogP contribution is 2.41. The van der Waals surface area contributed by atoms with E-state index in [1.807, 2.05) is 4.90 Å². The number of likely N-dealkylation sites (tertiary alicyclic amines) is 1. The van der Waals surface area contributed by atoms with Gasteiger partial charge in [0.2, 0.25) is 5.91 Å². The number of piperazine rings is 1. The van der Waals surface area contributed by atoms with Gasteiger partial charge in [-0.25, -0.2) is 4.98 Å². The largest absolute Gasteiger partial charge is 0.341 e. The van der Waals surface area contributed by atoms with Gasteiger partial charge in [0.25, 0.3) is 0 Å². The molecule has 2 fully saturated rings. The van der Waals surface area contributed by atoms with Crippen LogP contribution in [-0.2, 0) is 10.2 Å². The number of imidazole rings is 1. The summed E-state index contributed by atoms with van der Waals surface area (Å²) < 4.78 is 2.11. The van der Waals surface area contributed by atoms with E-state index in [9.17, 15) is 4.79 Å². The van der Waals surface area contributed by atoms with Crippen molar-refractivity contribution < 1.29 is 4.79 Å². The highest BCUT2D eigenvalue weighted by atomic mass is 35.5. The lowest BCUT2D eigenvalue weighted by Crippen LogP contribution is -2.58. The first kappa shape index (κ1) is 20.3. The molecule has 0 aliphatic carbocycles. The Morgan fingerprint density at radius 1 is 1.17 bits per heavy atom. The molecule has 29 heavy (non-hydrogen) atoms. The molecule has 2 aliphatic rings. The van der Waals surface area contributed by atoms with Crippen molar-refractivity contribution in [2.75, 3.05) is 32.7 Å². The van der Waals surface area contributed by atoms with Crippen LogP contribution in [0.1, 0.15) is 24.1 Å². The number of nitrogens with zero attached hydrogens (tertiary/aromatic N) is 3. The van der Waals surface area contributed by atoms with Crippen LogP contribution in [0.2, 0.25) is 0 Å². The van der Waals surface area contributed by atoms with Gasteiger partial charge >= 0.3 is 0 Å². The van der Waals surface area contributed by atoms with Gasteiger partial charge in [0.1, 0.15) is 0 Å². The average molecular weight is 432 g/mol. The number of piperidine rings is 1. The molecule has 2 saturated heterocycles. The highest BCUT2D eigenvalue weighted by Gasteiger charge is 2.41. The number of hydrogen-bond acceptors (Lipinski definition) is 5. The molecule has 3 aromatic rings. The summed E-state index contributed by atoms with van der Waals surface area (Å²) in [5.41, 5.74) is 2.28. The van der Waals surface area contributed by atoms with Crippen LogP contribution in [0.4, 0.5) is 0 Å². The first-order valence-electron chi connectivity index (χ1n) is 9.97. The SMILES string of the molecule is Cl.O=C([C@@H]1CNCCN1)N1CCC(c2ccccc2)(c2cn3ccsc3n2)CC1. The predicted octanol–water partition coefficient (Wildman–Crippen LogP) is 2.29. The fourth-order valence-corrected chi connectivity index (χ4v) is 5.27. The maximum atomic E-state index is 12.9. The van der Waals surface area contributed by atoms with Crippen LogP contribution in [0.5, 0.6) is 0 Å². The number of rotatable bonds is 3. The number of hydrogen-bond donors (Lipinski definition) is 2. The zero-order valence-electron chi connectivity index (χ0n) is 16.2. The first-order valence-corrected chi connectivity index (χ1v) is 10.9. The van der Waals surface area contributed by atoms with Crippen LogP contribution in [0.25, 0.3) is 4.96 Å². The molecule has 0 spiro atoms. The van der Waals surface area contributed by atoms with E-state index in [4.69, 9.17) is 4.98 Å². The lowest BCUT2D eigenvalue weighted by molar-refractivity contribution is -0.135. The Labute approximate surface area is 180 Å². The third-order valence-electron chi connectivity index (χ3n) is 6.18. The molecule has 6 nitrogen and oxygen atoms in total. The predicted molar refractivity (Wildman–Crippen MR) is 118 cm³/mol. The zero-order valence-corrected chi connectivity index (χ0v) is 17.8. The molecule has 1 atom stereocenters. The van der Waals surface area contributed by atoms with E-state index in [2.05, 4.69) is 63.1 Å². The fourth-order valence-electron chi connectivity index (χ4n) is 4.57. The third kappa shape index (κ3) is 3.68. The molecule has 0 radical (unpaired) electrons. The van der Waals surface area contributed by atoms with Crippen LogP contribution in [0, 0.1) is 0 Å². The lowest BCUT2D eigenvalue weighted by Gasteiger charge is -2.42. The Bertz CT molecular complexity index is 929. The van der Waals surface area contributed by atoms with Gasteiger partial charge in [-0.1, -0.05) is 30.3 Å². The van der Waals surface area contributed by atoms with Crippen molar-refractivity contribution in [2.24, 2.45) is 0 Å². The van der Waals surface area contributed by atoms with Crippen molar-refractivity contribution in [1.82, 2.24) is 24.9 Å². The minimum Gasteiger partial charge on any atom is -0.341 e. The van der Waals surface area contributed by atoms with Gasteiger partial charge in [-0.2, -0.15) is 0 Å². The van der Waals surface area contributed by atoms with Gasteiger partial charge in [0.15, 0.2) is 4.96 Å². The molecule has 2 N–H and O–H groups in total. The van der Waals surface area contributed by atoms with E-state index in [1.165, 1.54) is 5.56 Å². The van der Waals surface area contributed by atoms with Gasteiger partial charge in [-0.3, -0.25) is 9.20 Å². The summed E-state index contributed by atoms with van der Waals surface area (Å²) in [6, 6.07) is 10.6. The van der Waals surface area contributed by atoms with Crippen LogP contribution in [0.3, 0.4) is 0 Å². The molecule has 0 unspecified atom stereocenters. The standard InChI is InChI=1S/C21H25N5OS.ClH/c27-19(17-14-22-8-9-23-17)25-10-6-21(7-11-25,16-4-2-1-3-5-16)18-15-26-12-13-28-20(26)24-18;/h1-5,12-13,15,17,22-23H,6-11,14H2;1H/t17-;/m0./s1. The van der Waals surface area contributed by atoms with E-state index in [1.54, 1.807) is 11.3 Å². The summed E-state index contributed by atoms with van der Waals surface area (Å²) in [7, 11) is 0. The van der Waals surface area contributed by atoms with Crippen molar-refractivity contribution >= 4 is 34.6 Å². The van der Waals surface area contributed by atoms with Gasteiger partial charge in [-0.05, 0) is 18.4 Å². The second kappa shape index (κ2) is 8.44. The molecule has 1 aromatic carbocycles. The maximum absolute atomic E-state index is 12.9. The van der Waals surface area contributed by atoms with Crippen LogP contribution in [-0.4, -0.2) is 59.0 Å². The van der Waals surface area contributed by atoms with E-state index < -0.39 is 0 Å². The summed E-state index contributed by atoms with van der Waals surface area (Å²) in [5.74, 6) is 0.222. The number of thiazole rings is 1. The quantitative estimate of drug-likeness (QED) is 0.668. The fraction of sp³-hybridized carbons (Fsp3) is 0.429. The van der Waals surface area contributed by atoms with Crippen molar-refractivity contribution in [2.45, 2.75) is 24.3 Å². The Hall–Kier alpha value is -1.93. The van der Waals surface area contributed by atoms with E-state index in [-0.39, 0.29) is 29.8 Å². The number of benzene rings is 1. The molecule has 2 aliphatic heterocycles. The molecule has 5 rings (SSSR count). The van der Waals surface area contributed by atoms with Gasteiger partial charge in [0.05, 0.1) is 11.7 Å². The maximum Gasteiger partial charge on any atom is 0.241 e. The number of carbonyl (C=O) groups excluding carboxylic acids is 1. The molecular weight excluding hydrogens is 406 g/mol. The molecule has 1 amide bonds. The van der Waals surface area contributed by atoms with E-state index in [0.29, 0.717) is 0 Å². The Balaban J connectivity index is 0.00000205. The number of carbonyl (C=O) groups is 1. The minimum atomic E-state index is -0.137. The summed E-state index contributed by atoms with van der Waals surface area (Å²) >= 11 is 1.66. The Morgan fingerprint density at radius 2 is 1.97 bits per heavy atom. The highest BCUT2D eigenvalue weighted by molar-refractivity contribution is 7.15. The first-order chi connectivity index (χ1) is 13.8. The number of halogens is 1. The van der Waals surface area contributed by atoms with Crippen molar-refractivity contribution in [1.29, 1.82) is 0 Å². The smallest absolute Gasteiger partial charge is 0.241 e. The Morgan fingerprint density at radius 3 is 2.66 bits per heavy atom. The van der Waals surface area contributed by atoms with Crippen molar-refractivity contribution in [3.05, 3.63) is 59.4 Å². The summed E-state index contributed by atoms with van der Waals surface area (Å²) in [5, 5.41) is 8.72. The molecule has 8 heteroatoms. The van der Waals surface area contributed by atoms with Gasteiger partial charge in [0, 0.05) is 55.9 Å². The lowest BCUT2D eigenvalue weighted by atomic mass is 9.70. The number of nitrogens with one attached hydrogen (secondary N) is 2. The third-order valence-corrected chi connectivity index (χ3v) is 6.95. The average Bonchev–Trinajstić information content (AvgIpc) is 3.37. The number of fused-ring (bicyclic) bond motifs is 1. The van der Waals surface area contributed by atoms with Crippen LogP contribution in [0.15, 0.2) is 48.1 Å². The second-order valence-electron chi connectivity index (χ2n) is 7.70. The molecule has 154 valence electrons. The molecular formula is C21H26ClN5OS. The summed E-state index contributed by atoms with van der Waals surface area (Å²) in [6.45, 7) is 4.02. The summed E-state index contributed by atoms with van der Waals surface area (Å²) in [4.78, 5) is 21.0. The topological polar surface area (TPSA) is 61.7 Å². The summed E-state index contributed by atoms with van der Waals surface area (Å²) in [6.07, 6.45) is 6.03. The molecule has 2 aromatic heterocycles. The number of aromatic nitrogens is 2. The minimum absolute atomic E-state index is 0. The molecule has 0 bridgehead atoms. The van der Waals surface area contributed by atoms with Crippen molar-refractivity contribution in [3.63, 3.8) is 0 Å². The van der Waals surface area contributed by atoms with Crippen LogP contribution < -0.4 is 10.6 Å². The number of amides is 1. The van der Waals surface area contributed by atoms with Crippen molar-refractivity contribution in [3.8, 4) is 0 Å². The van der Waals surface area contributed by atoms with E-state index in [0.717, 1.165) is 56.2 Å². The Kier molecular flexibility index (Phi) is 5.92.